The van der Waals surface area contributed by atoms with E-state index in [1.807, 2.05) is 11.6 Å². The molecular formula is C13H22N4O7S. The third-order valence-corrected chi connectivity index (χ3v) is 3.65. The molecule has 0 rings (SSSR count). The van der Waals surface area contributed by atoms with Crippen LogP contribution in [0.3, 0.4) is 0 Å². The highest BCUT2D eigenvalue weighted by Crippen LogP contribution is 2.02. The molecule has 0 radical (unpaired) electrons. The van der Waals surface area contributed by atoms with Crippen molar-refractivity contribution in [3.05, 3.63) is 0 Å². The summed E-state index contributed by atoms with van der Waals surface area (Å²) in [5.41, 5.74) is 10.7. The molecule has 0 unspecified atom stereocenters. The number of hydrogen-bond donors (Lipinski definition) is 6. The van der Waals surface area contributed by atoms with Crippen molar-refractivity contribution in [2.45, 2.75) is 37.4 Å². The van der Waals surface area contributed by atoms with Gasteiger partial charge in [-0.3, -0.25) is 19.2 Å². The molecule has 0 aliphatic rings. The first-order chi connectivity index (χ1) is 11.6. The Kier molecular flexibility index (Phi) is 10.2. The summed E-state index contributed by atoms with van der Waals surface area (Å²) in [5.74, 6) is -5.08. The summed E-state index contributed by atoms with van der Waals surface area (Å²) in [4.78, 5) is 56.8. The van der Waals surface area contributed by atoms with E-state index in [0.717, 1.165) is 0 Å². The van der Waals surface area contributed by atoms with Crippen LogP contribution in [0.25, 0.3) is 0 Å². The number of nitrogens with two attached hydrogens (primary N) is 2. The maximum atomic E-state index is 12.1. The van der Waals surface area contributed by atoms with Crippen molar-refractivity contribution in [3.63, 3.8) is 0 Å². The zero-order valence-electron chi connectivity index (χ0n) is 13.6. The summed E-state index contributed by atoms with van der Waals surface area (Å²) >= 11 is 1.47. The Morgan fingerprint density at radius 2 is 1.56 bits per heavy atom. The zero-order chi connectivity index (χ0) is 19.6. The van der Waals surface area contributed by atoms with Crippen LogP contribution in [0, 0.1) is 0 Å². The molecule has 142 valence electrons. The summed E-state index contributed by atoms with van der Waals surface area (Å²) in [7, 11) is 0. The third-order valence-electron chi connectivity index (χ3n) is 3.00. The summed E-state index contributed by atoms with van der Waals surface area (Å²) < 4.78 is 0. The predicted octanol–water partition coefficient (Wildman–Crippen LogP) is -2.53. The van der Waals surface area contributed by atoms with E-state index in [1.54, 1.807) is 0 Å². The molecule has 0 saturated carbocycles. The van der Waals surface area contributed by atoms with Crippen LogP contribution in [-0.4, -0.2) is 70.0 Å². The number of nitrogens with one attached hydrogen (secondary N) is 2. The molecule has 0 spiro atoms. The normalized spacial score (nSPS) is 14.0. The summed E-state index contributed by atoms with van der Waals surface area (Å²) in [6, 6.07) is -4.10. The van der Waals surface area contributed by atoms with E-state index in [9.17, 15) is 24.0 Å². The Morgan fingerprint density at radius 3 is 2.00 bits per heavy atom. The van der Waals surface area contributed by atoms with E-state index < -0.39 is 60.6 Å². The fourth-order valence-electron chi connectivity index (χ4n) is 1.71. The topological polar surface area (TPSA) is 202 Å². The first kappa shape index (κ1) is 22.7. The van der Waals surface area contributed by atoms with Crippen molar-refractivity contribution in [3.8, 4) is 0 Å². The first-order valence-electron chi connectivity index (χ1n) is 7.16. The second-order valence-corrected chi connectivity index (χ2v) is 6.10. The van der Waals surface area contributed by atoms with Crippen LogP contribution in [0.4, 0.5) is 0 Å². The molecule has 3 atom stereocenters. The van der Waals surface area contributed by atoms with Crippen LogP contribution in [0.2, 0.25) is 0 Å². The van der Waals surface area contributed by atoms with Gasteiger partial charge in [-0.05, 0) is 18.4 Å². The van der Waals surface area contributed by atoms with E-state index in [2.05, 4.69) is 5.32 Å². The Morgan fingerprint density at radius 1 is 1.00 bits per heavy atom. The number of carbonyl (C=O) groups excluding carboxylic acids is 3. The van der Waals surface area contributed by atoms with Crippen LogP contribution in [-0.2, 0) is 24.0 Å². The summed E-state index contributed by atoms with van der Waals surface area (Å²) in [5, 5.41) is 21.8. The van der Waals surface area contributed by atoms with Crippen molar-refractivity contribution in [1.29, 1.82) is 0 Å². The number of thioether (sulfide) groups is 1. The molecule has 0 saturated heterocycles. The fraction of sp³-hybridized carbons (Fsp3) is 0.615. The number of aliphatic carboxylic acids is 2. The predicted molar refractivity (Wildman–Crippen MR) is 88.5 cm³/mol. The number of carbonyl (C=O) groups is 5. The highest BCUT2D eigenvalue weighted by molar-refractivity contribution is 7.98. The molecule has 0 aromatic carbocycles. The standard InChI is InChI=1S/C13H22N4O7S/c1-25-3-2-6(14)11(21)16-7(4-9(15)18)12(22)17-8(13(23)24)5-10(19)20/h6-8H,2-5,14H2,1H3,(H2,15,18)(H,16,21)(H,17,22)(H,19,20)(H,23,24)/t6-,7-,8-/m0/s1. The van der Waals surface area contributed by atoms with E-state index >= 15 is 0 Å². The van der Waals surface area contributed by atoms with Crippen molar-refractivity contribution >= 4 is 41.4 Å². The van der Waals surface area contributed by atoms with E-state index in [1.165, 1.54) is 11.8 Å². The molecular weight excluding hydrogens is 356 g/mol. The molecule has 8 N–H and O–H groups in total. The largest absolute Gasteiger partial charge is 0.481 e. The monoisotopic (exact) mass is 378 g/mol. The Balaban J connectivity index is 5.02. The zero-order valence-corrected chi connectivity index (χ0v) is 14.4. The van der Waals surface area contributed by atoms with Crippen molar-refractivity contribution < 1.29 is 34.2 Å². The Bertz CT molecular complexity index is 529. The molecule has 11 nitrogen and oxygen atoms in total. The van der Waals surface area contributed by atoms with Crippen LogP contribution in [0.1, 0.15) is 19.3 Å². The minimum absolute atomic E-state index is 0.328. The second-order valence-electron chi connectivity index (χ2n) is 5.12. The minimum Gasteiger partial charge on any atom is -0.481 e. The van der Waals surface area contributed by atoms with Gasteiger partial charge in [0.05, 0.1) is 18.9 Å². The molecule has 0 aromatic rings. The van der Waals surface area contributed by atoms with Gasteiger partial charge in [-0.25, -0.2) is 4.79 Å². The molecule has 0 aromatic heterocycles. The van der Waals surface area contributed by atoms with E-state index in [-0.39, 0.29) is 0 Å². The van der Waals surface area contributed by atoms with E-state index in [4.69, 9.17) is 21.7 Å². The van der Waals surface area contributed by atoms with Gasteiger partial charge in [0.1, 0.15) is 12.1 Å². The molecule has 0 heterocycles. The van der Waals surface area contributed by atoms with Gasteiger partial charge < -0.3 is 32.3 Å². The second kappa shape index (κ2) is 11.3. The third kappa shape index (κ3) is 9.52. The molecule has 25 heavy (non-hydrogen) atoms. The lowest BCUT2D eigenvalue weighted by atomic mass is 10.1. The Hall–Kier alpha value is -2.34. The Labute approximate surface area is 147 Å². The average Bonchev–Trinajstić information content (AvgIpc) is 2.49. The number of hydrogen-bond acceptors (Lipinski definition) is 7. The number of rotatable bonds is 12. The van der Waals surface area contributed by atoms with Gasteiger partial charge in [-0.2, -0.15) is 11.8 Å². The number of carboxylic acid groups (broad SMARTS) is 2. The van der Waals surface area contributed by atoms with Gasteiger partial charge in [0.25, 0.3) is 0 Å². The van der Waals surface area contributed by atoms with Gasteiger partial charge >= 0.3 is 11.9 Å². The SMILES string of the molecule is CSCC[C@H](N)C(=O)N[C@@H](CC(N)=O)C(=O)N[C@@H](CC(=O)O)C(=O)O. The van der Waals surface area contributed by atoms with Crippen LogP contribution in [0.5, 0.6) is 0 Å². The highest BCUT2D eigenvalue weighted by Gasteiger charge is 2.30. The van der Waals surface area contributed by atoms with Crippen LogP contribution in [0.15, 0.2) is 0 Å². The average molecular weight is 378 g/mol. The van der Waals surface area contributed by atoms with Gasteiger partial charge in [-0.15, -0.1) is 0 Å². The van der Waals surface area contributed by atoms with E-state index in [0.29, 0.717) is 12.2 Å². The lowest BCUT2D eigenvalue weighted by Crippen LogP contribution is -2.55. The van der Waals surface area contributed by atoms with Gasteiger partial charge in [0.15, 0.2) is 0 Å². The lowest BCUT2D eigenvalue weighted by Gasteiger charge is -2.21. The van der Waals surface area contributed by atoms with Gasteiger partial charge in [0, 0.05) is 0 Å². The highest BCUT2D eigenvalue weighted by atomic mass is 32.2. The first-order valence-corrected chi connectivity index (χ1v) is 8.56. The van der Waals surface area contributed by atoms with Gasteiger partial charge in [0.2, 0.25) is 17.7 Å². The molecule has 0 aliphatic heterocycles. The maximum Gasteiger partial charge on any atom is 0.326 e. The molecule has 0 fully saturated rings. The van der Waals surface area contributed by atoms with Crippen molar-refractivity contribution in [2.24, 2.45) is 11.5 Å². The summed E-state index contributed by atoms with van der Waals surface area (Å²) in [6.07, 6.45) is 0.689. The lowest BCUT2D eigenvalue weighted by molar-refractivity contribution is -0.147. The van der Waals surface area contributed by atoms with Crippen molar-refractivity contribution in [2.75, 3.05) is 12.0 Å². The summed E-state index contributed by atoms with van der Waals surface area (Å²) in [6.45, 7) is 0. The number of carboxylic acids is 2. The molecule has 12 heteroatoms. The minimum atomic E-state index is -1.72. The van der Waals surface area contributed by atoms with Gasteiger partial charge in [-0.1, -0.05) is 0 Å². The smallest absolute Gasteiger partial charge is 0.326 e. The van der Waals surface area contributed by atoms with Crippen LogP contribution < -0.4 is 22.1 Å². The quantitative estimate of drug-likeness (QED) is 0.212. The molecule has 0 aliphatic carbocycles. The molecule has 0 bridgehead atoms. The fourth-order valence-corrected chi connectivity index (χ4v) is 2.20. The number of primary amides is 1. The van der Waals surface area contributed by atoms with Crippen molar-refractivity contribution in [1.82, 2.24) is 10.6 Å². The maximum absolute atomic E-state index is 12.1. The number of amides is 3. The molecule has 3 amide bonds. The van der Waals surface area contributed by atoms with Crippen LogP contribution >= 0.6 is 11.8 Å².